The van der Waals surface area contributed by atoms with Crippen LogP contribution in [0, 0.1) is 13.8 Å². The van der Waals surface area contributed by atoms with Crippen molar-refractivity contribution < 1.29 is 9.59 Å². The summed E-state index contributed by atoms with van der Waals surface area (Å²) in [7, 11) is 0. The summed E-state index contributed by atoms with van der Waals surface area (Å²) in [5, 5.41) is 6.23. The summed E-state index contributed by atoms with van der Waals surface area (Å²) in [6.07, 6.45) is 0. The van der Waals surface area contributed by atoms with E-state index in [4.69, 9.17) is 11.6 Å². The van der Waals surface area contributed by atoms with E-state index in [1.54, 1.807) is 18.2 Å². The van der Waals surface area contributed by atoms with Gasteiger partial charge >= 0.3 is 0 Å². The van der Waals surface area contributed by atoms with Crippen molar-refractivity contribution in [1.82, 2.24) is 0 Å². The molecule has 0 bridgehead atoms. The summed E-state index contributed by atoms with van der Waals surface area (Å²) < 4.78 is 0. The maximum absolute atomic E-state index is 12.0. The molecule has 2 rings (SSSR count). The Hall–Kier alpha value is -1.98. The van der Waals surface area contributed by atoms with Crippen molar-refractivity contribution in [2.75, 3.05) is 22.1 Å². The summed E-state index contributed by atoms with van der Waals surface area (Å²) in [5.74, 6) is 0.134. The van der Waals surface area contributed by atoms with Crippen molar-refractivity contribution in [2.45, 2.75) is 13.8 Å². The number of nitrogens with one attached hydrogen (secondary N) is 2. The monoisotopic (exact) mass is 362 g/mol. The Morgan fingerprint density at radius 3 is 2.38 bits per heavy atom. The molecule has 0 saturated heterocycles. The van der Waals surface area contributed by atoms with Gasteiger partial charge in [0.2, 0.25) is 11.8 Å². The van der Waals surface area contributed by atoms with Crippen molar-refractivity contribution in [2.24, 2.45) is 0 Å². The first-order valence-corrected chi connectivity index (χ1v) is 8.98. The zero-order chi connectivity index (χ0) is 17.5. The topological polar surface area (TPSA) is 58.2 Å². The quantitative estimate of drug-likeness (QED) is 0.806. The normalized spacial score (nSPS) is 10.3. The van der Waals surface area contributed by atoms with E-state index in [9.17, 15) is 9.59 Å². The Morgan fingerprint density at radius 2 is 1.67 bits per heavy atom. The van der Waals surface area contributed by atoms with E-state index in [1.807, 2.05) is 38.1 Å². The summed E-state index contributed by atoms with van der Waals surface area (Å²) in [5.41, 5.74) is 3.36. The van der Waals surface area contributed by atoms with Crippen molar-refractivity contribution in [1.29, 1.82) is 0 Å². The van der Waals surface area contributed by atoms with Gasteiger partial charge in [-0.15, -0.1) is 11.8 Å². The fourth-order valence-electron chi connectivity index (χ4n) is 2.09. The van der Waals surface area contributed by atoms with E-state index in [1.165, 1.54) is 11.8 Å². The Labute approximate surface area is 151 Å². The second kappa shape index (κ2) is 8.76. The smallest absolute Gasteiger partial charge is 0.234 e. The average molecular weight is 363 g/mol. The molecule has 0 aliphatic rings. The molecule has 0 heterocycles. The van der Waals surface area contributed by atoms with E-state index in [0.717, 1.165) is 16.8 Å². The average Bonchev–Trinajstić information content (AvgIpc) is 2.52. The van der Waals surface area contributed by atoms with Gasteiger partial charge in [-0.05, 0) is 49.2 Å². The van der Waals surface area contributed by atoms with Gasteiger partial charge in [0.15, 0.2) is 0 Å². The maximum Gasteiger partial charge on any atom is 0.234 e. The van der Waals surface area contributed by atoms with Gasteiger partial charge in [0, 0.05) is 16.4 Å². The van der Waals surface area contributed by atoms with E-state index < -0.39 is 0 Å². The molecule has 2 aromatic carbocycles. The molecular weight excluding hydrogens is 344 g/mol. The fraction of sp³-hybridized carbons (Fsp3) is 0.222. The number of benzene rings is 2. The minimum Gasteiger partial charge on any atom is -0.325 e. The van der Waals surface area contributed by atoms with Gasteiger partial charge in [-0.1, -0.05) is 29.8 Å². The lowest BCUT2D eigenvalue weighted by molar-refractivity contribution is -0.114. The Morgan fingerprint density at radius 1 is 1.00 bits per heavy atom. The molecule has 0 atom stereocenters. The third-order valence-electron chi connectivity index (χ3n) is 3.31. The van der Waals surface area contributed by atoms with Gasteiger partial charge in [0.25, 0.3) is 0 Å². The summed E-state index contributed by atoms with van der Waals surface area (Å²) in [6.45, 7) is 3.81. The number of amides is 2. The van der Waals surface area contributed by atoms with E-state index >= 15 is 0 Å². The van der Waals surface area contributed by atoms with Crippen LogP contribution in [0.3, 0.4) is 0 Å². The van der Waals surface area contributed by atoms with E-state index in [2.05, 4.69) is 10.6 Å². The first-order valence-electron chi connectivity index (χ1n) is 7.45. The predicted molar refractivity (Wildman–Crippen MR) is 102 cm³/mol. The molecule has 4 nitrogen and oxygen atoms in total. The van der Waals surface area contributed by atoms with Gasteiger partial charge in [0.05, 0.1) is 11.5 Å². The summed E-state index contributed by atoms with van der Waals surface area (Å²) in [4.78, 5) is 23.8. The van der Waals surface area contributed by atoms with Crippen LogP contribution in [0.2, 0.25) is 5.02 Å². The van der Waals surface area contributed by atoms with Crippen LogP contribution in [-0.4, -0.2) is 23.3 Å². The van der Waals surface area contributed by atoms with Crippen LogP contribution in [0.1, 0.15) is 11.1 Å². The van der Waals surface area contributed by atoms with Crippen LogP contribution in [-0.2, 0) is 9.59 Å². The van der Waals surface area contributed by atoms with Crippen LogP contribution in [0.15, 0.2) is 42.5 Å². The molecule has 6 heteroatoms. The maximum atomic E-state index is 12.0. The standard InChI is InChI=1S/C18H19ClN2O2S/c1-12-5-3-6-14(9-12)20-17(22)10-24-11-18(23)21-16-8-4-7-15(19)13(16)2/h3-9H,10-11H2,1-2H3,(H,20,22)(H,21,23). The molecule has 0 aromatic heterocycles. The lowest BCUT2D eigenvalue weighted by Gasteiger charge is -2.09. The number of aryl methyl sites for hydroxylation is 1. The predicted octanol–water partition coefficient (Wildman–Crippen LogP) is 4.27. The number of carbonyl (C=O) groups is 2. The highest BCUT2D eigenvalue weighted by Gasteiger charge is 2.09. The summed E-state index contributed by atoms with van der Waals surface area (Å²) >= 11 is 7.29. The molecule has 2 N–H and O–H groups in total. The first kappa shape index (κ1) is 18.4. The molecule has 0 unspecified atom stereocenters. The number of carbonyl (C=O) groups excluding carboxylic acids is 2. The second-order valence-electron chi connectivity index (χ2n) is 5.37. The molecule has 2 aromatic rings. The number of anilines is 2. The molecule has 0 aliphatic heterocycles. The molecule has 24 heavy (non-hydrogen) atoms. The van der Waals surface area contributed by atoms with Crippen molar-refractivity contribution >= 4 is 46.6 Å². The fourth-order valence-corrected chi connectivity index (χ4v) is 2.88. The highest BCUT2D eigenvalue weighted by atomic mass is 35.5. The molecule has 2 amide bonds. The van der Waals surface area contributed by atoms with Gasteiger partial charge in [0.1, 0.15) is 0 Å². The first-order chi connectivity index (χ1) is 11.5. The van der Waals surface area contributed by atoms with Crippen LogP contribution < -0.4 is 10.6 Å². The summed E-state index contributed by atoms with van der Waals surface area (Å²) in [6, 6.07) is 12.9. The van der Waals surface area contributed by atoms with Crippen LogP contribution >= 0.6 is 23.4 Å². The van der Waals surface area contributed by atoms with Gasteiger partial charge in [-0.3, -0.25) is 9.59 Å². The van der Waals surface area contributed by atoms with Gasteiger partial charge in [-0.2, -0.15) is 0 Å². The highest BCUT2D eigenvalue weighted by Crippen LogP contribution is 2.23. The molecular formula is C18H19ClN2O2S. The van der Waals surface area contributed by atoms with E-state index in [-0.39, 0.29) is 23.3 Å². The molecule has 0 aliphatic carbocycles. The molecule has 0 saturated carbocycles. The lowest BCUT2D eigenvalue weighted by atomic mass is 10.2. The second-order valence-corrected chi connectivity index (χ2v) is 6.76. The Kier molecular flexibility index (Phi) is 6.70. The number of thioether (sulfide) groups is 1. The Bertz CT molecular complexity index is 750. The van der Waals surface area contributed by atoms with Gasteiger partial charge < -0.3 is 10.6 Å². The van der Waals surface area contributed by atoms with Crippen molar-refractivity contribution in [3.63, 3.8) is 0 Å². The molecule has 0 fully saturated rings. The zero-order valence-electron chi connectivity index (χ0n) is 13.6. The zero-order valence-corrected chi connectivity index (χ0v) is 15.1. The minimum absolute atomic E-state index is 0.127. The lowest BCUT2D eigenvalue weighted by Crippen LogP contribution is -2.18. The molecule has 0 radical (unpaired) electrons. The molecule has 126 valence electrons. The van der Waals surface area contributed by atoms with E-state index in [0.29, 0.717) is 10.7 Å². The minimum atomic E-state index is -0.159. The molecule has 0 spiro atoms. The van der Waals surface area contributed by atoms with Crippen molar-refractivity contribution in [3.05, 3.63) is 58.6 Å². The van der Waals surface area contributed by atoms with Crippen molar-refractivity contribution in [3.8, 4) is 0 Å². The SMILES string of the molecule is Cc1cccc(NC(=O)CSCC(=O)Nc2cccc(Cl)c2C)c1. The van der Waals surface area contributed by atoms with Gasteiger partial charge in [-0.25, -0.2) is 0 Å². The largest absolute Gasteiger partial charge is 0.325 e. The number of hydrogen-bond donors (Lipinski definition) is 2. The van der Waals surface area contributed by atoms with Crippen LogP contribution in [0.4, 0.5) is 11.4 Å². The number of hydrogen-bond acceptors (Lipinski definition) is 3. The Balaban J connectivity index is 1.76. The van der Waals surface area contributed by atoms with Crippen LogP contribution in [0.25, 0.3) is 0 Å². The highest BCUT2D eigenvalue weighted by molar-refractivity contribution is 8.00. The number of rotatable bonds is 6. The number of halogens is 1. The van der Waals surface area contributed by atoms with Crippen LogP contribution in [0.5, 0.6) is 0 Å². The third kappa shape index (κ3) is 5.58. The third-order valence-corrected chi connectivity index (χ3v) is 4.65.